The Hall–Kier alpha value is -2.08. The maximum Gasteiger partial charge on any atom is 0.410 e. The first kappa shape index (κ1) is 17.7. The van der Waals surface area contributed by atoms with E-state index in [1.165, 1.54) is 0 Å². The molecule has 0 saturated carbocycles. The highest BCUT2D eigenvalue weighted by Gasteiger charge is 2.31. The smallest absolute Gasteiger partial charge is 0.410 e. The zero-order chi connectivity index (χ0) is 18.2. The van der Waals surface area contributed by atoms with Crippen molar-refractivity contribution in [3.63, 3.8) is 0 Å². The lowest BCUT2D eigenvalue weighted by atomic mass is 10.2. The topological polar surface area (TPSA) is 58.6 Å². The van der Waals surface area contributed by atoms with Crippen molar-refractivity contribution in [3.05, 3.63) is 29.7 Å². The van der Waals surface area contributed by atoms with Crippen LogP contribution in [0.15, 0.2) is 24.5 Å². The largest absolute Gasteiger partial charge is 0.444 e. The molecule has 0 N–H and O–H groups in total. The third-order valence-electron chi connectivity index (χ3n) is 4.28. The van der Waals surface area contributed by atoms with Crippen molar-refractivity contribution < 1.29 is 9.53 Å². The molecule has 1 fully saturated rings. The number of pyridine rings is 2. The Bertz CT molecular complexity index is 790. The van der Waals surface area contributed by atoms with Gasteiger partial charge in [-0.25, -0.2) is 9.78 Å². The van der Waals surface area contributed by atoms with Crippen LogP contribution in [0.4, 0.5) is 10.5 Å². The molecule has 1 unspecified atom stereocenters. The molecule has 1 aliphatic rings. The molecule has 1 saturated heterocycles. The van der Waals surface area contributed by atoms with Gasteiger partial charge in [0.15, 0.2) is 0 Å². The second-order valence-corrected chi connectivity index (χ2v) is 7.76. The summed E-state index contributed by atoms with van der Waals surface area (Å²) in [6.45, 7) is 7.25. The van der Waals surface area contributed by atoms with Crippen LogP contribution in [0.2, 0.25) is 5.15 Å². The predicted molar refractivity (Wildman–Crippen MR) is 99.2 cm³/mol. The molecule has 0 bridgehead atoms. The number of amides is 1. The van der Waals surface area contributed by atoms with E-state index < -0.39 is 5.60 Å². The molecule has 1 amide bonds. The summed E-state index contributed by atoms with van der Waals surface area (Å²) >= 11 is 5.90. The zero-order valence-corrected chi connectivity index (χ0v) is 15.7. The first-order valence-corrected chi connectivity index (χ1v) is 8.73. The van der Waals surface area contributed by atoms with Gasteiger partial charge in [0.05, 0.1) is 23.4 Å². The van der Waals surface area contributed by atoms with Crippen molar-refractivity contribution in [1.29, 1.82) is 0 Å². The van der Waals surface area contributed by atoms with Crippen LogP contribution >= 0.6 is 11.6 Å². The number of nitrogens with zero attached hydrogens (tertiary/aromatic N) is 4. The summed E-state index contributed by atoms with van der Waals surface area (Å²) in [6.07, 6.45) is 4.19. The molecule has 134 valence electrons. The molecule has 7 heteroatoms. The third-order valence-corrected chi connectivity index (χ3v) is 4.48. The van der Waals surface area contributed by atoms with Gasteiger partial charge < -0.3 is 14.5 Å². The second kappa shape index (κ2) is 6.67. The molecule has 2 aromatic heterocycles. The van der Waals surface area contributed by atoms with Gasteiger partial charge in [-0.05, 0) is 33.3 Å². The Kier molecular flexibility index (Phi) is 4.73. The van der Waals surface area contributed by atoms with Gasteiger partial charge in [0.2, 0.25) is 0 Å². The quantitative estimate of drug-likeness (QED) is 0.762. The fourth-order valence-corrected chi connectivity index (χ4v) is 3.09. The van der Waals surface area contributed by atoms with Crippen molar-refractivity contribution in [1.82, 2.24) is 14.9 Å². The molecule has 25 heavy (non-hydrogen) atoms. The molecule has 3 heterocycles. The zero-order valence-electron chi connectivity index (χ0n) is 15.0. The van der Waals surface area contributed by atoms with E-state index >= 15 is 0 Å². The Morgan fingerprint density at radius 1 is 1.32 bits per heavy atom. The van der Waals surface area contributed by atoms with Crippen LogP contribution in [0.25, 0.3) is 10.9 Å². The van der Waals surface area contributed by atoms with Crippen LogP contribution in [0.1, 0.15) is 27.2 Å². The normalized spacial score (nSPS) is 17.8. The Morgan fingerprint density at radius 2 is 2.08 bits per heavy atom. The first-order chi connectivity index (χ1) is 11.7. The van der Waals surface area contributed by atoms with Gasteiger partial charge in [-0.2, -0.15) is 0 Å². The average Bonchev–Trinajstić information content (AvgIpc) is 3.02. The number of likely N-dealkylation sites (N-methyl/N-ethyl adjacent to an activating group) is 1. The van der Waals surface area contributed by atoms with Crippen molar-refractivity contribution >= 4 is 34.3 Å². The number of ether oxygens (including phenoxy) is 1. The summed E-state index contributed by atoms with van der Waals surface area (Å²) in [5.74, 6) is 0. The van der Waals surface area contributed by atoms with Crippen LogP contribution in [0, 0.1) is 0 Å². The van der Waals surface area contributed by atoms with Crippen LogP contribution in [0.5, 0.6) is 0 Å². The number of fused-ring (bicyclic) bond motifs is 1. The van der Waals surface area contributed by atoms with Crippen molar-refractivity contribution in [2.45, 2.75) is 38.8 Å². The van der Waals surface area contributed by atoms with Crippen LogP contribution < -0.4 is 4.90 Å². The second-order valence-electron chi connectivity index (χ2n) is 7.37. The predicted octanol–water partition coefficient (Wildman–Crippen LogP) is 3.73. The number of hydrogen-bond donors (Lipinski definition) is 0. The van der Waals surface area contributed by atoms with Gasteiger partial charge in [0, 0.05) is 37.8 Å². The molecule has 0 spiro atoms. The van der Waals surface area contributed by atoms with E-state index in [1.807, 2.05) is 27.0 Å². The molecular weight excluding hydrogens is 340 g/mol. The molecule has 0 radical (unpaired) electrons. The molecule has 1 aliphatic heterocycles. The summed E-state index contributed by atoms with van der Waals surface area (Å²) in [5.41, 5.74) is 1.36. The number of carbonyl (C=O) groups excluding carboxylic acids is 1. The molecule has 3 rings (SSSR count). The van der Waals surface area contributed by atoms with Crippen LogP contribution in [-0.4, -0.2) is 52.7 Å². The van der Waals surface area contributed by atoms with Crippen molar-refractivity contribution in [2.24, 2.45) is 0 Å². The highest BCUT2D eigenvalue weighted by molar-refractivity contribution is 6.30. The summed E-state index contributed by atoms with van der Waals surface area (Å²) < 4.78 is 5.46. The first-order valence-electron chi connectivity index (χ1n) is 8.35. The van der Waals surface area contributed by atoms with E-state index in [1.54, 1.807) is 24.2 Å². The number of aromatic nitrogens is 2. The summed E-state index contributed by atoms with van der Waals surface area (Å²) in [6, 6.07) is 3.93. The fourth-order valence-electron chi connectivity index (χ4n) is 2.93. The van der Waals surface area contributed by atoms with Crippen molar-refractivity contribution in [3.8, 4) is 0 Å². The highest BCUT2D eigenvalue weighted by Crippen LogP contribution is 2.26. The Morgan fingerprint density at radius 3 is 2.80 bits per heavy atom. The third kappa shape index (κ3) is 4.12. The van der Waals surface area contributed by atoms with Crippen LogP contribution in [0.3, 0.4) is 0 Å². The molecule has 6 nitrogen and oxygen atoms in total. The maximum atomic E-state index is 12.2. The summed E-state index contributed by atoms with van der Waals surface area (Å²) in [4.78, 5) is 24.8. The lowest BCUT2D eigenvalue weighted by Gasteiger charge is -2.28. The van der Waals surface area contributed by atoms with Gasteiger partial charge >= 0.3 is 6.09 Å². The summed E-state index contributed by atoms with van der Waals surface area (Å²) in [7, 11) is 1.80. The minimum atomic E-state index is -0.486. The van der Waals surface area contributed by atoms with E-state index in [0.29, 0.717) is 5.15 Å². The number of rotatable bonds is 2. The van der Waals surface area contributed by atoms with Gasteiger partial charge in [-0.15, -0.1) is 0 Å². The lowest BCUT2D eigenvalue weighted by molar-refractivity contribution is 0.0238. The van der Waals surface area contributed by atoms with E-state index in [2.05, 4.69) is 20.9 Å². The van der Waals surface area contributed by atoms with Gasteiger partial charge in [-0.1, -0.05) is 11.6 Å². The van der Waals surface area contributed by atoms with E-state index in [-0.39, 0.29) is 12.1 Å². The van der Waals surface area contributed by atoms with Gasteiger partial charge in [0.25, 0.3) is 0 Å². The van der Waals surface area contributed by atoms with E-state index in [9.17, 15) is 4.79 Å². The summed E-state index contributed by atoms with van der Waals surface area (Å²) in [5, 5.41) is 1.39. The molecular formula is C18H23ClN4O2. The minimum Gasteiger partial charge on any atom is -0.444 e. The molecule has 1 atom stereocenters. The standard InChI is InChI=1S/C18H23ClN4O2/c1-18(2,3)25-17(24)22(4)13-5-6-23(11-13)14-7-12-9-21-16(19)8-15(12)20-10-14/h7-10,13H,5-6,11H2,1-4H3. The van der Waals surface area contributed by atoms with Crippen LogP contribution in [-0.2, 0) is 4.74 Å². The number of hydrogen-bond acceptors (Lipinski definition) is 5. The lowest BCUT2D eigenvalue weighted by Crippen LogP contribution is -2.42. The van der Waals surface area contributed by atoms with Gasteiger partial charge in [0.1, 0.15) is 10.8 Å². The van der Waals surface area contributed by atoms with E-state index in [0.717, 1.165) is 36.1 Å². The van der Waals surface area contributed by atoms with E-state index in [4.69, 9.17) is 16.3 Å². The Labute approximate surface area is 152 Å². The molecule has 0 aromatic carbocycles. The number of carbonyl (C=O) groups is 1. The molecule has 0 aliphatic carbocycles. The highest BCUT2D eigenvalue weighted by atomic mass is 35.5. The maximum absolute atomic E-state index is 12.2. The number of halogens is 1. The molecule has 2 aromatic rings. The Balaban J connectivity index is 1.70. The average molecular weight is 363 g/mol. The number of anilines is 1. The fraction of sp³-hybridized carbons (Fsp3) is 0.500. The SMILES string of the molecule is CN(C(=O)OC(C)(C)C)C1CCN(c2cnc3cc(Cl)ncc3c2)C1. The minimum absolute atomic E-state index is 0.119. The van der Waals surface area contributed by atoms with Gasteiger partial charge in [-0.3, -0.25) is 4.98 Å². The van der Waals surface area contributed by atoms with Crippen molar-refractivity contribution in [2.75, 3.05) is 25.0 Å². The monoisotopic (exact) mass is 362 g/mol.